The van der Waals surface area contributed by atoms with Crippen LogP contribution < -0.4 is 5.73 Å². The molecule has 1 saturated heterocycles. The molecule has 3 atom stereocenters. The number of Topliss-reactive ketones (excluding diaryl/α,β-unsaturated/α-hetero) is 1. The lowest BCUT2D eigenvalue weighted by atomic mass is 9.92. The second-order valence-electron chi connectivity index (χ2n) is 7.34. The van der Waals surface area contributed by atoms with Gasteiger partial charge in [-0.05, 0) is 46.6 Å². The highest BCUT2D eigenvalue weighted by atomic mass is 16.5. The minimum atomic E-state index is -0.268. The summed E-state index contributed by atoms with van der Waals surface area (Å²) in [4.78, 5) is 26.5. The Morgan fingerprint density at radius 1 is 1.36 bits per heavy atom. The van der Waals surface area contributed by atoms with Crippen LogP contribution in [0.2, 0.25) is 0 Å². The van der Waals surface area contributed by atoms with Crippen LogP contribution in [0.15, 0.2) is 6.07 Å². The number of likely N-dealkylation sites (tertiary alicyclic amines) is 1. The predicted molar refractivity (Wildman–Crippen MR) is 97.8 cm³/mol. The molecule has 1 aromatic heterocycles. The van der Waals surface area contributed by atoms with Crippen molar-refractivity contribution in [2.24, 2.45) is 11.7 Å². The van der Waals surface area contributed by atoms with Crippen LogP contribution in [0.4, 0.5) is 0 Å². The summed E-state index contributed by atoms with van der Waals surface area (Å²) < 4.78 is 7.41. The van der Waals surface area contributed by atoms with Crippen molar-refractivity contribution in [2.75, 3.05) is 26.8 Å². The SMILES string of the molecule is COC[C@H](C)n1c(C)cc(C(=O)CN2C[C@@H](C(N)=O)CC[C@@H]2C)c1C. The van der Waals surface area contributed by atoms with Gasteiger partial charge in [0.2, 0.25) is 5.91 Å². The largest absolute Gasteiger partial charge is 0.383 e. The van der Waals surface area contributed by atoms with E-state index in [-0.39, 0.29) is 29.7 Å². The Morgan fingerprint density at radius 2 is 2.04 bits per heavy atom. The quantitative estimate of drug-likeness (QED) is 0.765. The predicted octanol–water partition coefficient (Wildman–Crippen LogP) is 2.08. The molecule has 0 spiro atoms. The van der Waals surface area contributed by atoms with Crippen LogP contribution in [0.25, 0.3) is 0 Å². The molecule has 0 radical (unpaired) electrons. The summed E-state index contributed by atoms with van der Waals surface area (Å²) in [6, 6.07) is 2.43. The van der Waals surface area contributed by atoms with Crippen LogP contribution >= 0.6 is 0 Å². The minimum absolute atomic E-state index is 0.0981. The number of primary amides is 1. The van der Waals surface area contributed by atoms with E-state index in [1.54, 1.807) is 7.11 Å². The molecule has 0 saturated carbocycles. The van der Waals surface area contributed by atoms with Gasteiger partial charge in [0.15, 0.2) is 5.78 Å². The van der Waals surface area contributed by atoms with Crippen molar-refractivity contribution in [3.8, 4) is 0 Å². The molecule has 1 fully saturated rings. The molecule has 1 amide bonds. The van der Waals surface area contributed by atoms with Gasteiger partial charge in [0, 0.05) is 36.6 Å². The molecule has 0 aliphatic carbocycles. The molecular formula is C19H31N3O3. The van der Waals surface area contributed by atoms with Crippen molar-refractivity contribution in [1.82, 2.24) is 9.47 Å². The summed E-state index contributed by atoms with van der Waals surface area (Å²) in [5.41, 5.74) is 8.26. The van der Waals surface area contributed by atoms with Gasteiger partial charge in [0.1, 0.15) is 0 Å². The topological polar surface area (TPSA) is 77.6 Å². The van der Waals surface area contributed by atoms with Crippen LogP contribution in [-0.4, -0.2) is 54.0 Å². The lowest BCUT2D eigenvalue weighted by Crippen LogP contribution is -2.47. The van der Waals surface area contributed by atoms with E-state index < -0.39 is 0 Å². The first kappa shape index (κ1) is 19.7. The summed E-state index contributed by atoms with van der Waals surface area (Å²) in [6.07, 6.45) is 1.70. The number of hydrogen-bond donors (Lipinski definition) is 1. The zero-order chi connectivity index (χ0) is 18.7. The molecule has 1 aliphatic rings. The van der Waals surface area contributed by atoms with Crippen LogP contribution in [0.1, 0.15) is 54.5 Å². The summed E-state index contributed by atoms with van der Waals surface area (Å²) in [5, 5.41) is 0. The number of carbonyl (C=O) groups excluding carboxylic acids is 2. The van der Waals surface area contributed by atoms with Gasteiger partial charge >= 0.3 is 0 Å². The van der Waals surface area contributed by atoms with Gasteiger partial charge in [-0.25, -0.2) is 0 Å². The fraction of sp³-hybridized carbons (Fsp3) is 0.684. The van der Waals surface area contributed by atoms with E-state index in [9.17, 15) is 9.59 Å². The number of hydrogen-bond acceptors (Lipinski definition) is 4. The fourth-order valence-corrected chi connectivity index (χ4v) is 3.95. The van der Waals surface area contributed by atoms with Gasteiger partial charge < -0.3 is 15.0 Å². The van der Waals surface area contributed by atoms with Gasteiger partial charge in [0.05, 0.1) is 25.1 Å². The Hall–Kier alpha value is -1.66. The van der Waals surface area contributed by atoms with E-state index in [2.05, 4.69) is 23.3 Å². The monoisotopic (exact) mass is 349 g/mol. The molecule has 2 heterocycles. The highest BCUT2D eigenvalue weighted by molar-refractivity contribution is 5.99. The van der Waals surface area contributed by atoms with Crippen LogP contribution in [-0.2, 0) is 9.53 Å². The number of ketones is 1. The van der Waals surface area contributed by atoms with Crippen molar-refractivity contribution >= 4 is 11.7 Å². The first-order valence-corrected chi connectivity index (χ1v) is 9.00. The number of piperidine rings is 1. The number of amides is 1. The molecule has 6 nitrogen and oxygen atoms in total. The van der Waals surface area contributed by atoms with Crippen LogP contribution in [0.3, 0.4) is 0 Å². The molecule has 0 unspecified atom stereocenters. The van der Waals surface area contributed by atoms with Gasteiger partial charge in [-0.1, -0.05) is 0 Å². The summed E-state index contributed by atoms with van der Waals surface area (Å²) >= 11 is 0. The molecule has 2 N–H and O–H groups in total. The second kappa shape index (κ2) is 8.15. The van der Waals surface area contributed by atoms with Crippen LogP contribution in [0.5, 0.6) is 0 Å². The third kappa shape index (κ3) is 4.30. The number of nitrogens with zero attached hydrogens (tertiary/aromatic N) is 2. The van der Waals surface area contributed by atoms with Gasteiger partial charge in [-0.3, -0.25) is 14.5 Å². The zero-order valence-corrected chi connectivity index (χ0v) is 16.0. The molecule has 25 heavy (non-hydrogen) atoms. The average molecular weight is 349 g/mol. The van der Waals surface area contributed by atoms with Crippen molar-refractivity contribution in [2.45, 2.75) is 52.6 Å². The number of methoxy groups -OCH3 is 1. The van der Waals surface area contributed by atoms with E-state index >= 15 is 0 Å². The molecule has 0 bridgehead atoms. The first-order valence-electron chi connectivity index (χ1n) is 9.00. The van der Waals surface area contributed by atoms with E-state index in [0.29, 0.717) is 19.7 Å². The number of ether oxygens (including phenoxy) is 1. The fourth-order valence-electron chi connectivity index (χ4n) is 3.95. The second-order valence-corrected chi connectivity index (χ2v) is 7.34. The Kier molecular flexibility index (Phi) is 6.41. The molecule has 0 aromatic carbocycles. The molecule has 6 heteroatoms. The summed E-state index contributed by atoms with van der Waals surface area (Å²) in [5.74, 6) is -0.324. The molecule has 1 aromatic rings. The van der Waals surface area contributed by atoms with Crippen molar-refractivity contribution < 1.29 is 14.3 Å². The third-order valence-electron chi connectivity index (χ3n) is 5.39. The average Bonchev–Trinajstić information content (AvgIpc) is 2.84. The van der Waals surface area contributed by atoms with Gasteiger partial charge in [-0.2, -0.15) is 0 Å². The van der Waals surface area contributed by atoms with E-state index in [0.717, 1.165) is 29.8 Å². The highest BCUT2D eigenvalue weighted by Gasteiger charge is 2.30. The smallest absolute Gasteiger partial charge is 0.221 e. The minimum Gasteiger partial charge on any atom is -0.383 e. The van der Waals surface area contributed by atoms with Gasteiger partial charge in [-0.15, -0.1) is 0 Å². The van der Waals surface area contributed by atoms with E-state index in [1.165, 1.54) is 0 Å². The number of aromatic nitrogens is 1. The molecule has 2 rings (SSSR count). The highest BCUT2D eigenvalue weighted by Crippen LogP contribution is 2.24. The maximum absolute atomic E-state index is 12.9. The Morgan fingerprint density at radius 3 is 2.64 bits per heavy atom. The van der Waals surface area contributed by atoms with Gasteiger partial charge in [0.25, 0.3) is 0 Å². The van der Waals surface area contributed by atoms with Crippen LogP contribution in [0, 0.1) is 19.8 Å². The lowest BCUT2D eigenvalue weighted by molar-refractivity contribution is -0.123. The standard InChI is InChI=1S/C19H31N3O3/c1-12-6-7-16(19(20)24)9-21(12)10-18(23)17-8-13(2)22(15(17)4)14(3)11-25-5/h8,12,14,16H,6-7,9-11H2,1-5H3,(H2,20,24)/t12-,14-,16-/m0/s1. The third-order valence-corrected chi connectivity index (χ3v) is 5.39. The Bertz CT molecular complexity index is 638. The number of carbonyl (C=O) groups is 2. The normalized spacial score (nSPS) is 22.8. The maximum Gasteiger partial charge on any atom is 0.221 e. The van der Waals surface area contributed by atoms with E-state index in [1.807, 2.05) is 19.9 Å². The number of nitrogens with two attached hydrogens (primary N) is 1. The number of aryl methyl sites for hydroxylation is 1. The zero-order valence-electron chi connectivity index (χ0n) is 16.0. The molecule has 1 aliphatic heterocycles. The lowest BCUT2D eigenvalue weighted by Gasteiger charge is -2.36. The van der Waals surface area contributed by atoms with E-state index in [4.69, 9.17) is 10.5 Å². The maximum atomic E-state index is 12.9. The Balaban J connectivity index is 2.15. The van der Waals surface area contributed by atoms with Crippen molar-refractivity contribution in [3.63, 3.8) is 0 Å². The first-order chi connectivity index (χ1) is 11.8. The number of rotatable bonds is 7. The summed E-state index contributed by atoms with van der Waals surface area (Å²) in [7, 11) is 1.68. The molecular weight excluding hydrogens is 318 g/mol. The van der Waals surface area contributed by atoms with Crippen molar-refractivity contribution in [3.05, 3.63) is 23.0 Å². The summed E-state index contributed by atoms with van der Waals surface area (Å²) in [6.45, 7) is 9.69. The molecule has 140 valence electrons. The van der Waals surface area contributed by atoms with Crippen molar-refractivity contribution in [1.29, 1.82) is 0 Å². The Labute approximate surface area is 150 Å².